The second-order valence-corrected chi connectivity index (χ2v) is 8.26. The van der Waals surface area contributed by atoms with E-state index in [0.717, 1.165) is 22.5 Å². The van der Waals surface area contributed by atoms with Crippen molar-refractivity contribution in [1.82, 2.24) is 9.97 Å². The maximum atomic E-state index is 8.56. The van der Waals surface area contributed by atoms with Crippen LogP contribution in [0.2, 0.25) is 0 Å². The van der Waals surface area contributed by atoms with E-state index in [2.05, 4.69) is 76.7 Å². The Morgan fingerprint density at radius 3 is 1.94 bits per heavy atom. The van der Waals surface area contributed by atoms with Crippen LogP contribution in [0.3, 0.4) is 0 Å². The first kappa shape index (κ1) is 25.7. The molecule has 175 valence electrons. The van der Waals surface area contributed by atoms with E-state index >= 15 is 0 Å². The van der Waals surface area contributed by atoms with E-state index in [9.17, 15) is 0 Å². The van der Waals surface area contributed by atoms with Gasteiger partial charge in [-0.05, 0) is 42.8 Å². The quantitative estimate of drug-likeness (QED) is 0.238. The zero-order valence-corrected chi connectivity index (χ0v) is 21.5. The molecular formula is C29H27IrN2O2-. The molecule has 0 aliphatic carbocycles. The van der Waals surface area contributed by atoms with E-state index < -0.39 is 0 Å². The van der Waals surface area contributed by atoms with Gasteiger partial charge in [0, 0.05) is 25.7 Å². The van der Waals surface area contributed by atoms with E-state index in [0.29, 0.717) is 6.42 Å². The zero-order valence-electron chi connectivity index (χ0n) is 19.1. The van der Waals surface area contributed by atoms with Gasteiger partial charge >= 0.3 is 0 Å². The Kier molecular flexibility index (Phi) is 9.03. The van der Waals surface area contributed by atoms with E-state index in [1.54, 1.807) is 20.2 Å². The standard InChI is InChI=1S/C24H15N2.C5H12O2.Ir/c1-3-7-19-13-21(11-9-17(19)5-1)23-15-24(26-16-25-23)22-12-10-18-6-2-4-8-20(18)14-22;1-4(6)3-5(2)7;/h1-11,13-16H;4-7H,3H2,1-2H3;/q-1;;. The number of hydrogen-bond acceptors (Lipinski definition) is 4. The third-order valence-electron chi connectivity index (χ3n) is 5.35. The Hall–Kier alpha value is -2.95. The van der Waals surface area contributed by atoms with Crippen LogP contribution in [0, 0.1) is 6.07 Å². The van der Waals surface area contributed by atoms with Gasteiger partial charge in [-0.2, -0.15) is 0 Å². The molecular weight excluding hydrogens is 601 g/mol. The second-order valence-electron chi connectivity index (χ2n) is 8.26. The Morgan fingerprint density at radius 1 is 0.706 bits per heavy atom. The van der Waals surface area contributed by atoms with Gasteiger partial charge in [0.25, 0.3) is 0 Å². The van der Waals surface area contributed by atoms with Crippen molar-refractivity contribution in [2.24, 2.45) is 0 Å². The van der Waals surface area contributed by atoms with Crippen molar-refractivity contribution in [3.63, 3.8) is 0 Å². The fraction of sp³-hybridized carbons (Fsp3) is 0.172. The van der Waals surface area contributed by atoms with Gasteiger partial charge in [-0.25, -0.2) is 4.98 Å². The second kappa shape index (κ2) is 12.0. The van der Waals surface area contributed by atoms with Crippen LogP contribution in [0.5, 0.6) is 0 Å². The molecule has 1 radical (unpaired) electrons. The zero-order chi connectivity index (χ0) is 23.2. The Bertz CT molecular complexity index is 1270. The summed E-state index contributed by atoms with van der Waals surface area (Å²) in [4.78, 5) is 8.94. The molecule has 1 aromatic heterocycles. The van der Waals surface area contributed by atoms with Gasteiger partial charge in [0.15, 0.2) is 0 Å². The molecule has 0 saturated carbocycles. The van der Waals surface area contributed by atoms with Gasteiger partial charge in [-0.3, -0.25) is 4.98 Å². The van der Waals surface area contributed by atoms with Crippen LogP contribution < -0.4 is 0 Å². The number of aromatic nitrogens is 2. The maximum absolute atomic E-state index is 8.56. The predicted molar refractivity (Wildman–Crippen MR) is 135 cm³/mol. The minimum atomic E-state index is -0.375. The fourth-order valence-electron chi connectivity index (χ4n) is 3.78. The maximum Gasteiger partial charge on any atom is 0.106 e. The molecule has 0 aliphatic rings. The molecule has 2 N–H and O–H groups in total. The molecule has 2 atom stereocenters. The molecule has 0 fully saturated rings. The number of benzene rings is 4. The van der Waals surface area contributed by atoms with Crippen LogP contribution in [0.15, 0.2) is 91.3 Å². The normalized spacial score (nSPS) is 12.4. The van der Waals surface area contributed by atoms with Crippen LogP contribution in [-0.4, -0.2) is 32.4 Å². The summed E-state index contributed by atoms with van der Waals surface area (Å²) in [5.41, 5.74) is 3.87. The van der Waals surface area contributed by atoms with Crippen molar-refractivity contribution in [3.05, 3.63) is 97.3 Å². The molecule has 0 spiro atoms. The van der Waals surface area contributed by atoms with Crippen LogP contribution in [-0.2, 0) is 20.1 Å². The van der Waals surface area contributed by atoms with E-state index in [4.69, 9.17) is 10.2 Å². The minimum Gasteiger partial charge on any atom is -0.393 e. The molecule has 0 bridgehead atoms. The molecule has 4 nitrogen and oxygen atoms in total. The Balaban J connectivity index is 0.000000357. The van der Waals surface area contributed by atoms with Gasteiger partial charge in [-0.1, -0.05) is 72.1 Å². The summed E-state index contributed by atoms with van der Waals surface area (Å²) in [7, 11) is 0. The summed E-state index contributed by atoms with van der Waals surface area (Å²) in [5.74, 6) is 0. The van der Waals surface area contributed by atoms with Crippen molar-refractivity contribution < 1.29 is 30.3 Å². The Morgan fingerprint density at radius 2 is 1.29 bits per heavy atom. The number of rotatable bonds is 4. The molecule has 1 heterocycles. The van der Waals surface area contributed by atoms with Crippen LogP contribution in [0.25, 0.3) is 44.1 Å². The molecule has 0 aliphatic heterocycles. The van der Waals surface area contributed by atoms with Crippen LogP contribution in [0.1, 0.15) is 20.3 Å². The van der Waals surface area contributed by atoms with Gasteiger partial charge in [0.2, 0.25) is 0 Å². The van der Waals surface area contributed by atoms with Gasteiger partial charge in [0.05, 0.1) is 17.9 Å². The molecule has 5 rings (SSSR count). The minimum absolute atomic E-state index is 0. The first-order valence-electron chi connectivity index (χ1n) is 11.1. The molecule has 0 amide bonds. The summed E-state index contributed by atoms with van der Waals surface area (Å²) in [6.07, 6.45) is 1.35. The molecule has 2 unspecified atom stereocenters. The largest absolute Gasteiger partial charge is 0.393 e. The van der Waals surface area contributed by atoms with Crippen LogP contribution >= 0.6 is 0 Å². The molecule has 0 saturated heterocycles. The van der Waals surface area contributed by atoms with E-state index in [-0.39, 0.29) is 32.3 Å². The first-order chi connectivity index (χ1) is 16.0. The third-order valence-corrected chi connectivity index (χ3v) is 5.35. The summed E-state index contributed by atoms with van der Waals surface area (Å²) in [6.45, 7) is 3.32. The van der Waals surface area contributed by atoms with Gasteiger partial charge in [-0.15, -0.1) is 29.1 Å². The summed E-state index contributed by atoms with van der Waals surface area (Å²) in [5, 5.41) is 21.9. The third kappa shape index (κ3) is 6.55. The average molecular weight is 628 g/mol. The summed E-state index contributed by atoms with van der Waals surface area (Å²) >= 11 is 0. The van der Waals surface area contributed by atoms with Crippen molar-refractivity contribution >= 4 is 21.5 Å². The molecule has 4 aromatic carbocycles. The van der Waals surface area contributed by atoms with E-state index in [1.165, 1.54) is 21.5 Å². The number of aliphatic hydroxyl groups excluding tert-OH is 2. The topological polar surface area (TPSA) is 66.2 Å². The van der Waals surface area contributed by atoms with Crippen molar-refractivity contribution in [2.45, 2.75) is 32.5 Å². The van der Waals surface area contributed by atoms with Crippen molar-refractivity contribution in [3.8, 4) is 22.5 Å². The summed E-state index contributed by atoms with van der Waals surface area (Å²) < 4.78 is 0. The molecule has 5 aromatic rings. The monoisotopic (exact) mass is 628 g/mol. The summed E-state index contributed by atoms with van der Waals surface area (Å²) in [6, 6.07) is 32.6. The van der Waals surface area contributed by atoms with Gasteiger partial charge in [0.1, 0.15) is 6.33 Å². The fourth-order valence-corrected chi connectivity index (χ4v) is 3.78. The number of nitrogens with zero attached hydrogens (tertiary/aromatic N) is 2. The van der Waals surface area contributed by atoms with Crippen LogP contribution in [0.4, 0.5) is 0 Å². The number of aliphatic hydroxyl groups is 2. The molecule has 34 heavy (non-hydrogen) atoms. The number of fused-ring (bicyclic) bond motifs is 2. The van der Waals surface area contributed by atoms with Gasteiger partial charge < -0.3 is 10.2 Å². The smallest absolute Gasteiger partial charge is 0.106 e. The number of hydrogen-bond donors (Lipinski definition) is 2. The first-order valence-corrected chi connectivity index (χ1v) is 11.1. The van der Waals surface area contributed by atoms with Crippen molar-refractivity contribution in [1.29, 1.82) is 0 Å². The SMILES string of the molecule is CC(O)CC(C)O.[Ir].[c-]1cc2ccccc2cc1-c1cc(-c2ccc3ccccc3c2)ncn1. The Labute approximate surface area is 213 Å². The predicted octanol–water partition coefficient (Wildman–Crippen LogP) is 6.05. The molecule has 5 heteroatoms. The van der Waals surface area contributed by atoms with E-state index in [1.807, 2.05) is 24.3 Å². The average Bonchev–Trinajstić information content (AvgIpc) is 2.83. The van der Waals surface area contributed by atoms with Crippen molar-refractivity contribution in [2.75, 3.05) is 0 Å².